The molecule has 2 aromatic carbocycles. The average Bonchev–Trinajstić information content (AvgIpc) is 2.58. The molecule has 0 aliphatic heterocycles. The van der Waals surface area contributed by atoms with E-state index in [9.17, 15) is 9.59 Å². The van der Waals surface area contributed by atoms with Crippen molar-refractivity contribution in [3.05, 3.63) is 58.1 Å². The lowest BCUT2D eigenvalue weighted by atomic mass is 10.1. The van der Waals surface area contributed by atoms with E-state index in [0.717, 1.165) is 16.7 Å². The summed E-state index contributed by atoms with van der Waals surface area (Å²) in [4.78, 5) is 24.2. The van der Waals surface area contributed by atoms with E-state index in [1.165, 1.54) is 6.92 Å². The summed E-state index contributed by atoms with van der Waals surface area (Å²) in [6.07, 6.45) is -0.956. The van der Waals surface area contributed by atoms with Crippen LogP contribution in [-0.2, 0) is 14.3 Å². The van der Waals surface area contributed by atoms with E-state index in [2.05, 4.69) is 5.32 Å². The zero-order chi connectivity index (χ0) is 19.3. The van der Waals surface area contributed by atoms with Gasteiger partial charge >= 0.3 is 5.97 Å². The molecule has 138 valence electrons. The lowest BCUT2D eigenvalue weighted by Gasteiger charge is -2.16. The highest BCUT2D eigenvalue weighted by Gasteiger charge is 2.19. The van der Waals surface area contributed by atoms with Crippen LogP contribution < -0.4 is 10.1 Å². The highest BCUT2D eigenvalue weighted by atomic mass is 35.5. The molecular weight excluding hydrogens is 354 g/mol. The summed E-state index contributed by atoms with van der Waals surface area (Å²) in [5.41, 5.74) is 3.19. The summed E-state index contributed by atoms with van der Waals surface area (Å²) in [6.45, 7) is 6.84. The minimum Gasteiger partial charge on any atom is -0.481 e. The van der Waals surface area contributed by atoms with Gasteiger partial charge in [-0.15, -0.1) is 0 Å². The molecule has 0 aliphatic rings. The first-order chi connectivity index (χ1) is 12.3. The number of amides is 1. The van der Waals surface area contributed by atoms with Crippen molar-refractivity contribution in [1.82, 2.24) is 0 Å². The van der Waals surface area contributed by atoms with Gasteiger partial charge < -0.3 is 14.8 Å². The van der Waals surface area contributed by atoms with E-state index in [1.54, 1.807) is 25.1 Å². The van der Waals surface area contributed by atoms with Crippen LogP contribution in [0.2, 0.25) is 5.02 Å². The number of anilines is 1. The number of nitrogens with one attached hydrogen (secondary N) is 1. The number of carbonyl (C=O) groups excluding carboxylic acids is 2. The Morgan fingerprint density at radius 1 is 1.08 bits per heavy atom. The number of ether oxygens (including phenoxy) is 2. The Morgan fingerprint density at radius 2 is 1.69 bits per heavy atom. The third-order valence-corrected chi connectivity index (χ3v) is 4.36. The second kappa shape index (κ2) is 8.72. The van der Waals surface area contributed by atoms with Crippen molar-refractivity contribution in [2.24, 2.45) is 0 Å². The van der Waals surface area contributed by atoms with Crippen molar-refractivity contribution in [3.8, 4) is 5.75 Å². The average molecular weight is 376 g/mol. The normalized spacial score (nSPS) is 11.6. The van der Waals surface area contributed by atoms with Crippen LogP contribution in [0.15, 0.2) is 36.4 Å². The Kier molecular flexibility index (Phi) is 6.64. The van der Waals surface area contributed by atoms with Gasteiger partial charge in [0.15, 0.2) is 12.7 Å². The maximum atomic E-state index is 12.2. The maximum Gasteiger partial charge on any atom is 0.344 e. The number of carbonyl (C=O) groups is 2. The first kappa shape index (κ1) is 19.8. The highest BCUT2D eigenvalue weighted by molar-refractivity contribution is 6.31. The molecule has 26 heavy (non-hydrogen) atoms. The van der Waals surface area contributed by atoms with Crippen molar-refractivity contribution < 1.29 is 19.1 Å². The summed E-state index contributed by atoms with van der Waals surface area (Å²) >= 11 is 6.03. The predicted octanol–water partition coefficient (Wildman–Crippen LogP) is 4.21. The van der Waals surface area contributed by atoms with E-state index in [4.69, 9.17) is 21.1 Å². The number of aryl methyl sites for hydroxylation is 2. The van der Waals surface area contributed by atoms with Crippen LogP contribution in [-0.4, -0.2) is 24.6 Å². The molecule has 2 aromatic rings. The minimum absolute atomic E-state index is 0.264. The van der Waals surface area contributed by atoms with E-state index in [1.807, 2.05) is 32.0 Å². The minimum atomic E-state index is -0.956. The number of hydrogen-bond donors (Lipinski definition) is 1. The van der Waals surface area contributed by atoms with Gasteiger partial charge in [-0.2, -0.15) is 0 Å². The van der Waals surface area contributed by atoms with Gasteiger partial charge in [0.05, 0.1) is 0 Å². The second-order valence-electron chi connectivity index (χ2n) is 6.04. The maximum absolute atomic E-state index is 12.2. The van der Waals surface area contributed by atoms with Gasteiger partial charge in [0.25, 0.3) is 5.91 Å². The predicted molar refractivity (Wildman–Crippen MR) is 102 cm³/mol. The third-order valence-electron chi connectivity index (χ3n) is 3.95. The van der Waals surface area contributed by atoms with Gasteiger partial charge in [0.2, 0.25) is 0 Å². The van der Waals surface area contributed by atoms with Gasteiger partial charge in [0.1, 0.15) is 5.75 Å². The molecule has 0 bridgehead atoms. The van der Waals surface area contributed by atoms with Gasteiger partial charge in [-0.3, -0.25) is 4.79 Å². The van der Waals surface area contributed by atoms with Crippen LogP contribution in [0.4, 0.5) is 5.69 Å². The molecule has 1 amide bonds. The number of halogens is 1. The van der Waals surface area contributed by atoms with E-state index in [-0.39, 0.29) is 6.61 Å². The molecule has 0 spiro atoms. The molecule has 6 heteroatoms. The van der Waals surface area contributed by atoms with Crippen LogP contribution in [0.5, 0.6) is 5.75 Å². The van der Waals surface area contributed by atoms with Crippen LogP contribution in [0, 0.1) is 20.8 Å². The fourth-order valence-corrected chi connectivity index (χ4v) is 2.59. The number of benzene rings is 2. The second-order valence-corrected chi connectivity index (χ2v) is 6.45. The van der Waals surface area contributed by atoms with Gasteiger partial charge in [-0.25, -0.2) is 4.79 Å². The molecule has 0 aliphatic carbocycles. The van der Waals surface area contributed by atoms with E-state index >= 15 is 0 Å². The van der Waals surface area contributed by atoms with Crippen LogP contribution in [0.25, 0.3) is 0 Å². The number of rotatable bonds is 6. The summed E-state index contributed by atoms with van der Waals surface area (Å²) in [7, 11) is 0. The van der Waals surface area contributed by atoms with Crippen molar-refractivity contribution in [2.45, 2.75) is 33.8 Å². The Hall–Kier alpha value is -2.53. The van der Waals surface area contributed by atoms with Gasteiger partial charge in [-0.05, 0) is 56.5 Å². The fourth-order valence-electron chi connectivity index (χ4n) is 2.42. The standard InChI is InChI=1S/C20H22ClNO4/c1-12-7-5-8-13(2)19(12)25-11-18(23)26-15(4)20(24)22-17-10-6-9-16(21)14(17)3/h5-10,15H,11H2,1-4H3,(H,22,24)/t15-/m0/s1. The highest BCUT2D eigenvalue weighted by Crippen LogP contribution is 2.23. The van der Waals surface area contributed by atoms with Crippen molar-refractivity contribution in [1.29, 1.82) is 0 Å². The van der Waals surface area contributed by atoms with Crippen molar-refractivity contribution in [2.75, 3.05) is 11.9 Å². The number of para-hydroxylation sites is 1. The van der Waals surface area contributed by atoms with Crippen LogP contribution >= 0.6 is 11.6 Å². The third kappa shape index (κ3) is 4.99. The monoisotopic (exact) mass is 375 g/mol. The Balaban J connectivity index is 1.90. The largest absolute Gasteiger partial charge is 0.481 e. The molecule has 0 radical (unpaired) electrons. The van der Waals surface area contributed by atoms with E-state index in [0.29, 0.717) is 16.5 Å². The molecule has 1 N–H and O–H groups in total. The zero-order valence-corrected chi connectivity index (χ0v) is 16.0. The molecule has 0 aromatic heterocycles. The van der Waals surface area contributed by atoms with Crippen molar-refractivity contribution in [3.63, 3.8) is 0 Å². The first-order valence-electron chi connectivity index (χ1n) is 8.24. The molecule has 0 heterocycles. The summed E-state index contributed by atoms with van der Waals surface area (Å²) < 4.78 is 10.7. The van der Waals surface area contributed by atoms with Crippen LogP contribution in [0.3, 0.4) is 0 Å². The summed E-state index contributed by atoms with van der Waals surface area (Å²) in [5.74, 6) is -0.398. The summed E-state index contributed by atoms with van der Waals surface area (Å²) in [5, 5.41) is 3.26. The first-order valence-corrected chi connectivity index (χ1v) is 8.62. The lowest BCUT2D eigenvalue weighted by molar-refractivity contribution is -0.155. The SMILES string of the molecule is Cc1cccc(C)c1OCC(=O)O[C@@H](C)C(=O)Nc1cccc(Cl)c1C. The molecular formula is C20H22ClNO4. The van der Waals surface area contributed by atoms with Crippen LogP contribution in [0.1, 0.15) is 23.6 Å². The molecule has 5 nitrogen and oxygen atoms in total. The summed E-state index contributed by atoms with van der Waals surface area (Å²) in [6, 6.07) is 10.9. The fraction of sp³-hybridized carbons (Fsp3) is 0.300. The van der Waals surface area contributed by atoms with E-state index < -0.39 is 18.0 Å². The topological polar surface area (TPSA) is 64.6 Å². The Morgan fingerprint density at radius 3 is 2.35 bits per heavy atom. The molecule has 1 atom stereocenters. The van der Waals surface area contributed by atoms with Gasteiger partial charge in [0, 0.05) is 10.7 Å². The Labute approximate surface area is 158 Å². The lowest BCUT2D eigenvalue weighted by Crippen LogP contribution is -2.32. The molecule has 0 saturated heterocycles. The van der Waals surface area contributed by atoms with Gasteiger partial charge in [-0.1, -0.05) is 35.9 Å². The smallest absolute Gasteiger partial charge is 0.344 e. The molecule has 2 rings (SSSR count). The molecule has 0 unspecified atom stereocenters. The van der Waals surface area contributed by atoms with Crippen molar-refractivity contribution >= 4 is 29.2 Å². The number of hydrogen-bond acceptors (Lipinski definition) is 4. The molecule has 0 fully saturated rings. The zero-order valence-electron chi connectivity index (χ0n) is 15.3. The quantitative estimate of drug-likeness (QED) is 0.768. The number of esters is 1. The molecule has 0 saturated carbocycles. The Bertz CT molecular complexity index is 799.